The quantitative estimate of drug-likeness (QED) is 0.836. The molecule has 2 aromatic rings. The molecule has 0 saturated heterocycles. The number of methoxy groups -OCH3 is 1. The maximum Gasteiger partial charge on any atom is 0.411 e. The first-order valence-electron chi connectivity index (χ1n) is 7.36. The summed E-state index contributed by atoms with van der Waals surface area (Å²) in [6, 6.07) is 9.70. The second-order valence-corrected chi connectivity index (χ2v) is 5.39. The number of hydrogen-bond acceptors (Lipinski definition) is 3. The molecule has 0 aliphatic rings. The lowest BCUT2D eigenvalue weighted by molar-refractivity contribution is 0.151. The largest absolute Gasteiger partial charge is 0.489 e. The number of amides is 1. The van der Waals surface area contributed by atoms with Gasteiger partial charge >= 0.3 is 6.09 Å². The molecule has 4 nitrogen and oxygen atoms in total. The van der Waals surface area contributed by atoms with Gasteiger partial charge in [0.15, 0.2) is 0 Å². The average molecular weight is 335 g/mol. The Kier molecular flexibility index (Phi) is 5.73. The van der Waals surface area contributed by atoms with Crippen molar-refractivity contribution >= 4 is 11.8 Å². The fourth-order valence-electron chi connectivity index (χ4n) is 2.27. The Hall–Kier alpha value is -2.63. The van der Waals surface area contributed by atoms with Crippen LogP contribution < -0.4 is 10.1 Å². The zero-order chi connectivity index (χ0) is 17.7. The summed E-state index contributed by atoms with van der Waals surface area (Å²) in [7, 11) is 1.23. The molecule has 0 spiro atoms. The monoisotopic (exact) mass is 335 g/mol. The van der Waals surface area contributed by atoms with E-state index in [2.05, 4.69) is 10.1 Å². The molecule has 0 fully saturated rings. The number of carbonyl (C=O) groups excluding carboxylic acids is 1. The number of nitrogens with one attached hydrogen (secondary N) is 1. The van der Waals surface area contributed by atoms with Crippen molar-refractivity contribution in [2.45, 2.75) is 26.9 Å². The Labute approximate surface area is 139 Å². The van der Waals surface area contributed by atoms with Gasteiger partial charge in [0, 0.05) is 11.1 Å². The minimum Gasteiger partial charge on any atom is -0.489 e. The van der Waals surface area contributed by atoms with E-state index in [0.29, 0.717) is 17.0 Å². The molecule has 1 N–H and O–H groups in total. The molecule has 0 radical (unpaired) electrons. The minimum atomic E-state index is -2.60. The lowest BCUT2D eigenvalue weighted by Crippen LogP contribution is -2.13. The van der Waals surface area contributed by atoms with Crippen LogP contribution in [0.1, 0.15) is 28.7 Å². The van der Waals surface area contributed by atoms with Crippen LogP contribution in [-0.2, 0) is 11.3 Å². The number of alkyl halides is 2. The summed E-state index contributed by atoms with van der Waals surface area (Å²) in [4.78, 5) is 11.4. The number of aryl methyl sites for hydroxylation is 2. The predicted molar refractivity (Wildman–Crippen MR) is 87.7 cm³/mol. The molecule has 0 aliphatic heterocycles. The fourth-order valence-corrected chi connectivity index (χ4v) is 2.27. The van der Waals surface area contributed by atoms with Gasteiger partial charge in [-0.3, -0.25) is 5.32 Å². The molecule has 128 valence electrons. The Morgan fingerprint density at radius 2 is 1.92 bits per heavy atom. The maximum atomic E-state index is 12.9. The van der Waals surface area contributed by atoms with E-state index in [1.807, 2.05) is 32.0 Å². The van der Waals surface area contributed by atoms with Crippen molar-refractivity contribution in [2.75, 3.05) is 12.4 Å². The third-order valence-corrected chi connectivity index (χ3v) is 3.52. The van der Waals surface area contributed by atoms with Gasteiger partial charge in [-0.1, -0.05) is 23.8 Å². The number of rotatable bonds is 5. The molecule has 0 unspecified atom stereocenters. The van der Waals surface area contributed by atoms with E-state index in [-0.39, 0.29) is 12.2 Å². The number of halogens is 2. The van der Waals surface area contributed by atoms with Crippen LogP contribution in [0.25, 0.3) is 0 Å². The molecular formula is C18H19F2NO3. The average Bonchev–Trinajstić information content (AvgIpc) is 2.54. The summed E-state index contributed by atoms with van der Waals surface area (Å²) in [5, 5.41) is 2.50. The number of carbonyl (C=O) groups is 1. The highest BCUT2D eigenvalue weighted by Gasteiger charge is 2.13. The topological polar surface area (TPSA) is 47.6 Å². The van der Waals surface area contributed by atoms with Gasteiger partial charge in [-0.05, 0) is 37.6 Å². The molecule has 0 atom stereocenters. The van der Waals surface area contributed by atoms with Crippen molar-refractivity contribution in [3.8, 4) is 5.75 Å². The summed E-state index contributed by atoms with van der Waals surface area (Å²) >= 11 is 0. The van der Waals surface area contributed by atoms with E-state index < -0.39 is 12.5 Å². The third kappa shape index (κ3) is 4.44. The summed E-state index contributed by atoms with van der Waals surface area (Å²) in [6.07, 6.45) is -3.27. The van der Waals surface area contributed by atoms with Crippen LogP contribution in [0, 0.1) is 13.8 Å². The lowest BCUT2D eigenvalue weighted by atomic mass is 10.1. The van der Waals surface area contributed by atoms with Crippen LogP contribution >= 0.6 is 0 Å². The summed E-state index contributed by atoms with van der Waals surface area (Å²) in [5.74, 6) is 0.659. The second-order valence-electron chi connectivity index (χ2n) is 5.39. The molecule has 0 aliphatic carbocycles. The van der Waals surface area contributed by atoms with Crippen molar-refractivity contribution in [3.63, 3.8) is 0 Å². The van der Waals surface area contributed by atoms with Gasteiger partial charge in [-0.15, -0.1) is 0 Å². The van der Waals surface area contributed by atoms with E-state index in [9.17, 15) is 13.6 Å². The lowest BCUT2D eigenvalue weighted by Gasteiger charge is -2.14. The zero-order valence-electron chi connectivity index (χ0n) is 13.7. The van der Waals surface area contributed by atoms with Crippen LogP contribution in [0.5, 0.6) is 5.75 Å². The van der Waals surface area contributed by atoms with Crippen LogP contribution in [0.2, 0.25) is 0 Å². The van der Waals surface area contributed by atoms with Crippen LogP contribution in [0.4, 0.5) is 19.3 Å². The van der Waals surface area contributed by atoms with Gasteiger partial charge in [-0.2, -0.15) is 0 Å². The second kappa shape index (κ2) is 7.77. The van der Waals surface area contributed by atoms with Gasteiger partial charge in [0.2, 0.25) is 0 Å². The number of hydrogen-bond donors (Lipinski definition) is 1. The van der Waals surface area contributed by atoms with Crippen molar-refractivity contribution < 1.29 is 23.0 Å². The molecule has 0 saturated carbocycles. The highest BCUT2D eigenvalue weighted by molar-refractivity contribution is 5.85. The molecule has 1 amide bonds. The first kappa shape index (κ1) is 17.7. The summed E-state index contributed by atoms with van der Waals surface area (Å²) < 4.78 is 36.1. The highest BCUT2D eigenvalue weighted by Crippen LogP contribution is 2.27. The maximum absolute atomic E-state index is 12.9. The number of anilines is 1. The Morgan fingerprint density at radius 1 is 1.17 bits per heavy atom. The van der Waals surface area contributed by atoms with Gasteiger partial charge in [-0.25, -0.2) is 13.6 Å². The molecular weight excluding hydrogens is 316 g/mol. The van der Waals surface area contributed by atoms with Gasteiger partial charge in [0.05, 0.1) is 12.8 Å². The molecule has 6 heteroatoms. The van der Waals surface area contributed by atoms with E-state index in [1.54, 1.807) is 0 Å². The van der Waals surface area contributed by atoms with Gasteiger partial charge in [0.1, 0.15) is 12.4 Å². The Morgan fingerprint density at radius 3 is 2.54 bits per heavy atom. The molecule has 0 heterocycles. The van der Waals surface area contributed by atoms with E-state index in [4.69, 9.17) is 4.74 Å². The van der Waals surface area contributed by atoms with Crippen LogP contribution in [-0.4, -0.2) is 13.2 Å². The van der Waals surface area contributed by atoms with Gasteiger partial charge in [0.25, 0.3) is 6.43 Å². The Bertz CT molecular complexity index is 732. The molecule has 24 heavy (non-hydrogen) atoms. The third-order valence-electron chi connectivity index (χ3n) is 3.52. The first-order valence-corrected chi connectivity index (χ1v) is 7.36. The number of ether oxygens (including phenoxy) is 2. The van der Waals surface area contributed by atoms with E-state index in [1.165, 1.54) is 25.3 Å². The predicted octanol–water partition coefficient (Wildman–Crippen LogP) is 5.00. The molecule has 2 aromatic carbocycles. The molecule has 0 bridgehead atoms. The van der Waals surface area contributed by atoms with Crippen LogP contribution in [0.3, 0.4) is 0 Å². The minimum absolute atomic E-state index is 0.0454. The fraction of sp³-hybridized carbons (Fsp3) is 0.278. The summed E-state index contributed by atoms with van der Waals surface area (Å²) in [5.41, 5.74) is 2.73. The van der Waals surface area contributed by atoms with Crippen molar-refractivity contribution in [1.82, 2.24) is 0 Å². The van der Waals surface area contributed by atoms with Crippen molar-refractivity contribution in [2.24, 2.45) is 0 Å². The smallest absolute Gasteiger partial charge is 0.411 e. The Balaban J connectivity index is 2.24. The SMILES string of the molecule is COC(=O)Nc1ccc(C(F)F)cc1COc1ccc(C)cc1C. The van der Waals surface area contributed by atoms with Gasteiger partial charge < -0.3 is 9.47 Å². The first-order chi connectivity index (χ1) is 11.4. The van der Waals surface area contributed by atoms with Crippen molar-refractivity contribution in [1.29, 1.82) is 0 Å². The highest BCUT2D eigenvalue weighted by atomic mass is 19.3. The zero-order valence-corrected chi connectivity index (χ0v) is 13.7. The van der Waals surface area contributed by atoms with E-state index in [0.717, 1.165) is 11.1 Å². The number of benzene rings is 2. The molecule has 2 rings (SSSR count). The van der Waals surface area contributed by atoms with Crippen LogP contribution in [0.15, 0.2) is 36.4 Å². The standard InChI is InChI=1S/C18H19F2NO3/c1-11-4-7-16(12(2)8-11)24-10-14-9-13(17(19)20)5-6-15(14)21-18(22)23-3/h4-9,17H,10H2,1-3H3,(H,21,22). The summed E-state index contributed by atoms with van der Waals surface area (Å²) in [6.45, 7) is 3.93. The normalized spacial score (nSPS) is 10.6. The van der Waals surface area contributed by atoms with Crippen molar-refractivity contribution in [3.05, 3.63) is 58.7 Å². The molecule has 0 aromatic heterocycles. The van der Waals surface area contributed by atoms with E-state index >= 15 is 0 Å².